The highest BCUT2D eigenvalue weighted by molar-refractivity contribution is 7.12. The number of thiophene rings is 1. The van der Waals surface area contributed by atoms with Crippen molar-refractivity contribution in [1.29, 1.82) is 0 Å². The molecule has 0 radical (unpaired) electrons. The van der Waals surface area contributed by atoms with Crippen molar-refractivity contribution in [1.82, 2.24) is 0 Å². The highest BCUT2D eigenvalue weighted by atomic mass is 32.1. The quantitative estimate of drug-likeness (QED) is 0.516. The molecule has 0 amide bonds. The lowest BCUT2D eigenvalue weighted by molar-refractivity contribution is 0.292. The van der Waals surface area contributed by atoms with E-state index in [2.05, 4.69) is 4.65 Å². The number of hydrogen-bond acceptors (Lipinski definition) is 5. The van der Waals surface area contributed by atoms with Crippen molar-refractivity contribution in [2.75, 3.05) is 5.73 Å². The summed E-state index contributed by atoms with van der Waals surface area (Å²) in [5.74, 6) is 0. The van der Waals surface area contributed by atoms with E-state index in [4.69, 9.17) is 15.8 Å². The fourth-order valence-electron chi connectivity index (χ4n) is 0.496. The molecule has 0 aliphatic heterocycles. The first-order valence-electron chi connectivity index (χ1n) is 2.55. The molecule has 4 N–H and O–H groups in total. The van der Waals surface area contributed by atoms with E-state index in [1.54, 1.807) is 5.38 Å². The van der Waals surface area contributed by atoms with Crippen LogP contribution in [0, 0.1) is 0 Å². The predicted molar refractivity (Wildman–Crippen MR) is 39.6 cm³/mol. The minimum Gasteiger partial charge on any atom is -0.504 e. The molecule has 54 valence electrons. The molecule has 1 aromatic heterocycles. The van der Waals surface area contributed by atoms with Gasteiger partial charge in [-0.3, -0.25) is 0 Å². The second-order valence-corrected chi connectivity index (χ2v) is 2.52. The van der Waals surface area contributed by atoms with E-state index < -0.39 is 7.32 Å². The summed E-state index contributed by atoms with van der Waals surface area (Å²) in [6.45, 7) is 0. The molecule has 6 heteroatoms. The van der Waals surface area contributed by atoms with Crippen LogP contribution in [0.1, 0.15) is 0 Å². The van der Waals surface area contributed by atoms with E-state index in [1.807, 2.05) is 0 Å². The molecule has 0 bridgehead atoms. The molecule has 0 aliphatic carbocycles. The van der Waals surface area contributed by atoms with Crippen LogP contribution < -0.4 is 10.4 Å². The molecule has 0 aromatic carbocycles. The summed E-state index contributed by atoms with van der Waals surface area (Å²) < 4.78 is 4.48. The number of rotatable bonds is 2. The van der Waals surface area contributed by atoms with Crippen molar-refractivity contribution < 1.29 is 14.7 Å². The Morgan fingerprint density at radius 2 is 2.30 bits per heavy atom. The van der Waals surface area contributed by atoms with Gasteiger partial charge in [0.25, 0.3) is 0 Å². The molecular weight excluding hydrogens is 153 g/mol. The summed E-state index contributed by atoms with van der Waals surface area (Å²) in [5, 5.41) is 18.7. The number of nitrogen functional groups attached to an aromatic ring is 1. The SMILES string of the molecule is Nc1csc(OB(O)O)c1. The predicted octanol–water partition coefficient (Wildman–Crippen LogP) is -0.321. The first kappa shape index (κ1) is 7.39. The summed E-state index contributed by atoms with van der Waals surface area (Å²) in [6.07, 6.45) is 0. The van der Waals surface area contributed by atoms with Gasteiger partial charge in [0.2, 0.25) is 0 Å². The zero-order chi connectivity index (χ0) is 7.56. The minimum atomic E-state index is -1.77. The first-order chi connectivity index (χ1) is 4.68. The van der Waals surface area contributed by atoms with Gasteiger partial charge in [0.05, 0.1) is 0 Å². The summed E-state index contributed by atoms with van der Waals surface area (Å²) in [7, 11) is -1.77. The van der Waals surface area contributed by atoms with E-state index in [1.165, 1.54) is 17.4 Å². The molecule has 0 spiro atoms. The van der Waals surface area contributed by atoms with Gasteiger partial charge in [-0.05, 0) is 0 Å². The molecular formula is C4H6BNO3S. The molecule has 0 aliphatic rings. The highest BCUT2D eigenvalue weighted by Crippen LogP contribution is 2.24. The van der Waals surface area contributed by atoms with Crippen LogP contribution in [0.5, 0.6) is 5.06 Å². The van der Waals surface area contributed by atoms with Crippen molar-refractivity contribution >= 4 is 24.3 Å². The second-order valence-electron chi connectivity index (χ2n) is 1.64. The van der Waals surface area contributed by atoms with Gasteiger partial charge >= 0.3 is 7.32 Å². The molecule has 0 saturated heterocycles. The van der Waals surface area contributed by atoms with Crippen molar-refractivity contribution in [3.05, 3.63) is 11.4 Å². The van der Waals surface area contributed by atoms with Crippen LogP contribution in [-0.2, 0) is 0 Å². The van der Waals surface area contributed by atoms with Crippen LogP contribution in [0.3, 0.4) is 0 Å². The molecule has 0 unspecified atom stereocenters. The lowest BCUT2D eigenvalue weighted by atomic mass is 10.3. The van der Waals surface area contributed by atoms with Gasteiger partial charge in [-0.15, -0.1) is 11.3 Å². The summed E-state index contributed by atoms with van der Waals surface area (Å²) in [5.41, 5.74) is 5.88. The van der Waals surface area contributed by atoms with Gasteiger partial charge in [0, 0.05) is 17.1 Å². The van der Waals surface area contributed by atoms with Crippen LogP contribution in [0.15, 0.2) is 11.4 Å². The zero-order valence-electron chi connectivity index (χ0n) is 5.02. The Bertz CT molecular complexity index is 214. The lowest BCUT2D eigenvalue weighted by Crippen LogP contribution is -2.19. The Kier molecular flexibility index (Phi) is 2.15. The van der Waals surface area contributed by atoms with E-state index in [9.17, 15) is 0 Å². The molecule has 10 heavy (non-hydrogen) atoms. The first-order valence-corrected chi connectivity index (χ1v) is 3.43. The maximum Gasteiger partial charge on any atom is 0.708 e. The summed E-state index contributed by atoms with van der Waals surface area (Å²) in [4.78, 5) is 0. The van der Waals surface area contributed by atoms with Crippen molar-refractivity contribution in [2.24, 2.45) is 0 Å². The maximum atomic E-state index is 8.31. The largest absolute Gasteiger partial charge is 0.708 e. The summed E-state index contributed by atoms with van der Waals surface area (Å²) >= 11 is 1.21. The third-order valence-corrected chi connectivity index (χ3v) is 1.65. The third-order valence-electron chi connectivity index (χ3n) is 0.817. The molecule has 1 aromatic rings. The van der Waals surface area contributed by atoms with E-state index >= 15 is 0 Å². The summed E-state index contributed by atoms with van der Waals surface area (Å²) in [6, 6.07) is 1.52. The molecule has 4 nitrogen and oxygen atoms in total. The van der Waals surface area contributed by atoms with Gasteiger partial charge in [-0.2, -0.15) is 0 Å². The van der Waals surface area contributed by atoms with Crippen molar-refractivity contribution in [3.8, 4) is 5.06 Å². The van der Waals surface area contributed by atoms with E-state index in [0.717, 1.165) is 0 Å². The normalized spacial score (nSPS) is 9.40. The lowest BCUT2D eigenvalue weighted by Gasteiger charge is -1.97. The topological polar surface area (TPSA) is 75.7 Å². The molecule has 0 atom stereocenters. The maximum absolute atomic E-state index is 8.31. The Balaban J connectivity index is 2.58. The number of nitrogens with two attached hydrogens (primary N) is 1. The van der Waals surface area contributed by atoms with Gasteiger partial charge in [0.15, 0.2) is 5.06 Å². The highest BCUT2D eigenvalue weighted by Gasteiger charge is 2.11. The van der Waals surface area contributed by atoms with Gasteiger partial charge in [-0.25, -0.2) is 0 Å². The zero-order valence-corrected chi connectivity index (χ0v) is 5.84. The van der Waals surface area contributed by atoms with E-state index in [-0.39, 0.29) is 0 Å². The van der Waals surface area contributed by atoms with E-state index in [0.29, 0.717) is 10.8 Å². The Labute approximate surface area is 62.0 Å². The average molecular weight is 159 g/mol. The van der Waals surface area contributed by atoms with Crippen molar-refractivity contribution in [3.63, 3.8) is 0 Å². The Hall–Kier alpha value is -0.715. The van der Waals surface area contributed by atoms with Gasteiger partial charge in [-0.1, -0.05) is 0 Å². The number of hydrogen-bond donors (Lipinski definition) is 3. The Morgan fingerprint density at radius 1 is 1.60 bits per heavy atom. The third kappa shape index (κ3) is 1.91. The molecule has 1 rings (SSSR count). The van der Waals surface area contributed by atoms with Crippen LogP contribution in [-0.4, -0.2) is 17.4 Å². The van der Waals surface area contributed by atoms with Crippen LogP contribution >= 0.6 is 11.3 Å². The van der Waals surface area contributed by atoms with Crippen molar-refractivity contribution in [2.45, 2.75) is 0 Å². The molecule has 0 fully saturated rings. The average Bonchev–Trinajstić information content (AvgIpc) is 2.13. The fourth-order valence-corrected chi connectivity index (χ4v) is 1.16. The standard InChI is InChI=1S/C4H6BNO3S/c6-3-1-4(10-2-3)9-5(7)8/h1-2,7-8H,6H2. The van der Waals surface area contributed by atoms with Crippen LogP contribution in [0.25, 0.3) is 0 Å². The van der Waals surface area contributed by atoms with Crippen LogP contribution in [0.2, 0.25) is 0 Å². The smallest absolute Gasteiger partial charge is 0.504 e. The van der Waals surface area contributed by atoms with Gasteiger partial charge in [0.1, 0.15) is 0 Å². The van der Waals surface area contributed by atoms with Gasteiger partial charge < -0.3 is 20.4 Å². The fraction of sp³-hybridized carbons (Fsp3) is 0. The number of anilines is 1. The molecule has 0 saturated carbocycles. The monoisotopic (exact) mass is 159 g/mol. The molecule has 1 heterocycles. The second kappa shape index (κ2) is 2.91. The Morgan fingerprint density at radius 3 is 2.70 bits per heavy atom. The minimum absolute atomic E-state index is 0.396. The van der Waals surface area contributed by atoms with Crippen LogP contribution in [0.4, 0.5) is 5.69 Å².